The van der Waals surface area contributed by atoms with Crippen molar-refractivity contribution < 1.29 is 67.3 Å². The fourth-order valence-electron chi connectivity index (χ4n) is 1.74. The van der Waals surface area contributed by atoms with Gasteiger partial charge in [-0.2, -0.15) is 0 Å². The molecule has 1 rings (SSSR count). The van der Waals surface area contributed by atoms with Crippen molar-refractivity contribution in [2.75, 3.05) is 12.4 Å². The standard InChI is InChI=1S/C10H20O8S.Na/c1-2-3-4-17-10-9(13)8(12)7(11)6(18-10)5-19(14,15)16;/h6-13H,2-5H2,1H3,(H,14,15,16);/q;+1/p-1/t6-,7-,8+,9-,10+;/m1./s1. The van der Waals surface area contributed by atoms with E-state index in [0.29, 0.717) is 6.42 Å². The Balaban J connectivity index is 0.00000361. The summed E-state index contributed by atoms with van der Waals surface area (Å²) in [5.74, 6) is -0.994. The number of hydrogen-bond donors (Lipinski definition) is 3. The predicted octanol–water partition coefficient (Wildman–Crippen LogP) is -4.84. The second kappa shape index (κ2) is 8.99. The van der Waals surface area contributed by atoms with E-state index in [0.717, 1.165) is 6.42 Å². The Labute approximate surface area is 140 Å². The maximum absolute atomic E-state index is 10.7. The SMILES string of the molecule is CCCCO[C@H]1O[C@H](CS(=O)(=O)[O-])[C@@H](O)[C@H](O)[C@H]1O.[Na+]. The van der Waals surface area contributed by atoms with Gasteiger partial charge in [-0.05, 0) is 6.42 Å². The summed E-state index contributed by atoms with van der Waals surface area (Å²) in [5, 5.41) is 28.8. The molecule has 8 nitrogen and oxygen atoms in total. The molecular formula is C10H19NaO8S. The zero-order valence-electron chi connectivity index (χ0n) is 11.5. The number of aliphatic hydroxyl groups is 3. The first kappa shape index (κ1) is 20.7. The van der Waals surface area contributed by atoms with Crippen LogP contribution in [0.5, 0.6) is 0 Å². The minimum atomic E-state index is -4.63. The Morgan fingerprint density at radius 2 is 1.80 bits per heavy atom. The first-order valence-corrected chi connectivity index (χ1v) is 7.59. The molecule has 3 N–H and O–H groups in total. The molecule has 0 aromatic carbocycles. The van der Waals surface area contributed by atoms with Gasteiger partial charge in [0.15, 0.2) is 6.29 Å². The van der Waals surface area contributed by atoms with Crippen LogP contribution >= 0.6 is 0 Å². The molecule has 1 aliphatic heterocycles. The van der Waals surface area contributed by atoms with Gasteiger partial charge in [-0.15, -0.1) is 0 Å². The van der Waals surface area contributed by atoms with E-state index in [4.69, 9.17) is 9.47 Å². The van der Waals surface area contributed by atoms with Crippen molar-refractivity contribution >= 4 is 10.1 Å². The van der Waals surface area contributed by atoms with Crippen LogP contribution < -0.4 is 29.6 Å². The van der Waals surface area contributed by atoms with Crippen molar-refractivity contribution in [3.8, 4) is 0 Å². The van der Waals surface area contributed by atoms with Crippen molar-refractivity contribution in [1.29, 1.82) is 0 Å². The average molecular weight is 322 g/mol. The average Bonchev–Trinajstić information content (AvgIpc) is 2.30. The van der Waals surface area contributed by atoms with Gasteiger partial charge in [-0.3, -0.25) is 0 Å². The van der Waals surface area contributed by atoms with Gasteiger partial charge in [0.1, 0.15) is 24.4 Å². The maximum atomic E-state index is 10.7. The molecule has 0 saturated carbocycles. The first-order chi connectivity index (χ1) is 8.76. The van der Waals surface area contributed by atoms with Gasteiger partial charge in [0.05, 0.1) is 15.9 Å². The minimum Gasteiger partial charge on any atom is -0.748 e. The summed E-state index contributed by atoms with van der Waals surface area (Å²) < 4.78 is 42.2. The van der Waals surface area contributed by atoms with Gasteiger partial charge in [0.25, 0.3) is 0 Å². The van der Waals surface area contributed by atoms with E-state index in [1.165, 1.54) is 0 Å². The summed E-state index contributed by atoms with van der Waals surface area (Å²) in [6.07, 6.45) is -5.96. The Hall–Kier alpha value is 0.710. The van der Waals surface area contributed by atoms with Crippen molar-refractivity contribution in [1.82, 2.24) is 0 Å². The van der Waals surface area contributed by atoms with Crippen LogP contribution in [0.2, 0.25) is 0 Å². The van der Waals surface area contributed by atoms with Crippen LogP contribution in [-0.4, -0.2) is 71.4 Å². The second-order valence-electron chi connectivity index (χ2n) is 4.46. The molecule has 0 bridgehead atoms. The second-order valence-corrected chi connectivity index (χ2v) is 5.91. The van der Waals surface area contributed by atoms with Gasteiger partial charge in [-0.1, -0.05) is 13.3 Å². The van der Waals surface area contributed by atoms with E-state index >= 15 is 0 Å². The summed E-state index contributed by atoms with van der Waals surface area (Å²) in [7, 11) is -4.63. The molecule has 1 saturated heterocycles. The van der Waals surface area contributed by atoms with Crippen LogP contribution in [-0.2, 0) is 19.6 Å². The Morgan fingerprint density at radius 3 is 2.30 bits per heavy atom. The third-order valence-electron chi connectivity index (χ3n) is 2.82. The van der Waals surface area contributed by atoms with Crippen LogP contribution in [0, 0.1) is 0 Å². The van der Waals surface area contributed by atoms with Crippen molar-refractivity contribution in [2.45, 2.75) is 50.5 Å². The quantitative estimate of drug-likeness (QED) is 0.252. The minimum absolute atomic E-state index is 0. The largest absolute Gasteiger partial charge is 1.00 e. The summed E-state index contributed by atoms with van der Waals surface area (Å²) in [6, 6.07) is 0. The molecule has 20 heavy (non-hydrogen) atoms. The van der Waals surface area contributed by atoms with Crippen LogP contribution in [0.25, 0.3) is 0 Å². The molecule has 0 spiro atoms. The van der Waals surface area contributed by atoms with Crippen LogP contribution in [0.1, 0.15) is 19.8 Å². The molecular weight excluding hydrogens is 303 g/mol. The molecule has 5 atom stereocenters. The molecule has 0 aromatic heterocycles. The summed E-state index contributed by atoms with van der Waals surface area (Å²) in [4.78, 5) is 0. The van der Waals surface area contributed by atoms with Gasteiger partial charge in [0.2, 0.25) is 0 Å². The molecule has 10 heteroatoms. The molecule has 1 fully saturated rings. The van der Waals surface area contributed by atoms with Crippen molar-refractivity contribution in [2.24, 2.45) is 0 Å². The van der Waals surface area contributed by atoms with Crippen LogP contribution in [0.4, 0.5) is 0 Å². The van der Waals surface area contributed by atoms with E-state index in [2.05, 4.69) is 0 Å². The van der Waals surface area contributed by atoms with Gasteiger partial charge in [-0.25, -0.2) is 8.42 Å². The molecule has 114 valence electrons. The molecule has 0 radical (unpaired) electrons. The number of rotatable bonds is 6. The van der Waals surface area contributed by atoms with Crippen molar-refractivity contribution in [3.63, 3.8) is 0 Å². The third-order valence-corrected chi connectivity index (χ3v) is 3.55. The molecule has 1 heterocycles. The number of ether oxygens (including phenoxy) is 2. The van der Waals surface area contributed by atoms with E-state index in [1.54, 1.807) is 0 Å². The monoisotopic (exact) mass is 322 g/mol. The molecule has 0 aromatic rings. The Kier molecular flexibility index (Phi) is 9.30. The fourth-order valence-corrected chi connectivity index (χ4v) is 2.42. The van der Waals surface area contributed by atoms with Gasteiger partial charge in [0, 0.05) is 6.61 Å². The Morgan fingerprint density at radius 1 is 1.20 bits per heavy atom. The summed E-state index contributed by atoms with van der Waals surface area (Å²) in [6.45, 7) is 2.17. The molecule has 0 amide bonds. The van der Waals surface area contributed by atoms with Gasteiger partial charge >= 0.3 is 29.6 Å². The first-order valence-electron chi connectivity index (χ1n) is 6.01. The molecule has 1 aliphatic rings. The maximum Gasteiger partial charge on any atom is 1.00 e. The van der Waals surface area contributed by atoms with E-state index in [1.807, 2.05) is 6.92 Å². The smallest absolute Gasteiger partial charge is 0.748 e. The summed E-state index contributed by atoms with van der Waals surface area (Å²) in [5.41, 5.74) is 0. The van der Waals surface area contributed by atoms with Crippen LogP contribution in [0.15, 0.2) is 0 Å². The normalized spacial score (nSPS) is 34.5. The van der Waals surface area contributed by atoms with Crippen molar-refractivity contribution in [3.05, 3.63) is 0 Å². The van der Waals surface area contributed by atoms with E-state index in [9.17, 15) is 28.3 Å². The predicted molar refractivity (Wildman–Crippen MR) is 62.1 cm³/mol. The summed E-state index contributed by atoms with van der Waals surface area (Å²) >= 11 is 0. The topological polar surface area (TPSA) is 136 Å². The number of aliphatic hydroxyl groups excluding tert-OH is 3. The van der Waals surface area contributed by atoms with E-state index < -0.39 is 46.6 Å². The Bertz CT molecular complexity index is 375. The molecule has 0 aliphatic carbocycles. The zero-order valence-corrected chi connectivity index (χ0v) is 14.3. The van der Waals surface area contributed by atoms with E-state index in [-0.39, 0.29) is 36.2 Å². The van der Waals surface area contributed by atoms with Crippen LogP contribution in [0.3, 0.4) is 0 Å². The molecule has 0 unspecified atom stereocenters. The third kappa shape index (κ3) is 6.22. The fraction of sp³-hybridized carbons (Fsp3) is 1.00. The zero-order chi connectivity index (χ0) is 14.6. The number of hydrogen-bond acceptors (Lipinski definition) is 8. The van der Waals surface area contributed by atoms with Gasteiger partial charge < -0.3 is 29.3 Å². The number of unbranched alkanes of at least 4 members (excludes halogenated alkanes) is 1.